The van der Waals surface area contributed by atoms with Crippen LogP contribution in [-0.4, -0.2) is 95.3 Å². The quantitative estimate of drug-likeness (QED) is 0.303. The highest BCUT2D eigenvalue weighted by atomic mass is 19.4. The first-order valence-electron chi connectivity index (χ1n) is 13.6. The molecule has 0 radical (unpaired) electrons. The topological polar surface area (TPSA) is 161 Å². The monoisotopic (exact) mass is 673 g/mol. The first kappa shape index (κ1) is 34.6. The van der Waals surface area contributed by atoms with Crippen molar-refractivity contribution in [2.75, 3.05) is 32.2 Å². The molecule has 1 aliphatic heterocycles. The number of ether oxygens (including phenoxy) is 2. The SMILES string of the molecule is COC[C@H](c1ccnc(NC(=O)[C@@H](NC(=O)c2nonc2OCC(F)(F)F)C2CCC(F)(F)CC2)c1)N1C[C@@H](C(F)(F)F)NC1=O. The summed E-state index contributed by atoms with van der Waals surface area (Å²) in [5, 5.41) is 12.9. The van der Waals surface area contributed by atoms with Gasteiger partial charge < -0.3 is 30.3 Å². The molecule has 0 spiro atoms. The van der Waals surface area contributed by atoms with Crippen molar-refractivity contribution in [3.05, 3.63) is 29.6 Å². The molecule has 4 rings (SSSR count). The number of urea groups is 1. The zero-order valence-electron chi connectivity index (χ0n) is 23.8. The Kier molecular flexibility index (Phi) is 10.2. The van der Waals surface area contributed by atoms with Crippen LogP contribution in [0.25, 0.3) is 0 Å². The number of hydrogen-bond acceptors (Lipinski definition) is 9. The minimum absolute atomic E-state index is 0.187. The van der Waals surface area contributed by atoms with E-state index in [1.807, 2.05) is 5.32 Å². The van der Waals surface area contributed by atoms with Crippen LogP contribution in [0.3, 0.4) is 0 Å². The number of nitrogens with one attached hydrogen (secondary N) is 3. The van der Waals surface area contributed by atoms with Gasteiger partial charge in [0.15, 0.2) is 6.61 Å². The van der Waals surface area contributed by atoms with Crippen LogP contribution in [0.5, 0.6) is 5.88 Å². The second kappa shape index (κ2) is 13.6. The molecule has 2 aliphatic rings. The number of anilines is 1. The fourth-order valence-corrected chi connectivity index (χ4v) is 5.03. The molecule has 0 unspecified atom stereocenters. The van der Waals surface area contributed by atoms with Gasteiger partial charge in [-0.1, -0.05) is 0 Å². The van der Waals surface area contributed by atoms with Crippen LogP contribution in [0, 0.1) is 5.92 Å². The van der Waals surface area contributed by atoms with Crippen molar-refractivity contribution < 1.29 is 63.6 Å². The lowest BCUT2D eigenvalue weighted by Crippen LogP contribution is -2.50. The van der Waals surface area contributed by atoms with Crippen molar-refractivity contribution in [1.82, 2.24) is 30.8 Å². The van der Waals surface area contributed by atoms with Crippen molar-refractivity contribution in [3.8, 4) is 5.88 Å². The van der Waals surface area contributed by atoms with Gasteiger partial charge in [0.2, 0.25) is 17.5 Å². The molecule has 3 atom stereocenters. The molecule has 46 heavy (non-hydrogen) atoms. The van der Waals surface area contributed by atoms with E-state index in [1.54, 1.807) is 0 Å². The summed E-state index contributed by atoms with van der Waals surface area (Å²) in [7, 11) is 1.26. The Bertz CT molecular complexity index is 1400. The second-order valence-corrected chi connectivity index (χ2v) is 10.6. The van der Waals surface area contributed by atoms with E-state index in [-0.39, 0.29) is 30.8 Å². The lowest BCUT2D eigenvalue weighted by molar-refractivity contribution is -0.154. The molecule has 254 valence electrons. The molecule has 2 aromatic heterocycles. The zero-order chi connectivity index (χ0) is 33.9. The average Bonchev–Trinajstić information content (AvgIpc) is 3.60. The van der Waals surface area contributed by atoms with E-state index in [0.717, 1.165) is 4.90 Å². The Morgan fingerprint density at radius 1 is 1.17 bits per heavy atom. The molecule has 1 aliphatic carbocycles. The standard InChI is InChI=1S/C25H27F8N7O6/c1-44-10-14(40-9-15(25(31,32)33)35-22(40)43)13-4-7-34-16(8-13)36-19(41)17(12-2-5-23(26,27)6-3-12)37-20(42)18-21(39-46-38-18)45-11-24(28,29)30/h4,7-8,12,14-15,17H,2-3,5-6,9-11H2,1H3,(H,35,43)(H,37,42)(H,34,36,41)/t14-,15+,17+/m1/s1. The Morgan fingerprint density at radius 3 is 2.48 bits per heavy atom. The van der Waals surface area contributed by atoms with Crippen molar-refractivity contribution >= 4 is 23.7 Å². The summed E-state index contributed by atoms with van der Waals surface area (Å²) in [4.78, 5) is 43.7. The van der Waals surface area contributed by atoms with Gasteiger partial charge in [0.05, 0.1) is 19.2 Å². The molecule has 0 aromatic carbocycles. The number of halogens is 8. The summed E-state index contributed by atoms with van der Waals surface area (Å²) in [5.41, 5.74) is -0.630. The molecule has 3 N–H and O–H groups in total. The molecule has 1 saturated heterocycles. The zero-order valence-corrected chi connectivity index (χ0v) is 23.8. The number of rotatable bonds is 11. The molecule has 2 aromatic rings. The first-order chi connectivity index (χ1) is 21.5. The van der Waals surface area contributed by atoms with E-state index in [0.29, 0.717) is 0 Å². The molecule has 3 heterocycles. The molecule has 2 fully saturated rings. The van der Waals surface area contributed by atoms with E-state index in [9.17, 15) is 49.5 Å². The smallest absolute Gasteiger partial charge is 0.422 e. The third-order valence-corrected chi connectivity index (χ3v) is 7.30. The van der Waals surface area contributed by atoms with Crippen LogP contribution in [-0.2, 0) is 9.53 Å². The summed E-state index contributed by atoms with van der Waals surface area (Å²) in [5.74, 6) is -7.23. The van der Waals surface area contributed by atoms with Crippen LogP contribution >= 0.6 is 0 Å². The Balaban J connectivity index is 1.54. The van der Waals surface area contributed by atoms with Crippen LogP contribution in [0.4, 0.5) is 45.7 Å². The number of amides is 4. The number of aromatic nitrogens is 3. The molecular weight excluding hydrogens is 646 g/mol. The lowest BCUT2D eigenvalue weighted by atomic mass is 9.81. The highest BCUT2D eigenvalue weighted by molar-refractivity contribution is 6.01. The highest BCUT2D eigenvalue weighted by Crippen LogP contribution is 2.38. The van der Waals surface area contributed by atoms with Crippen molar-refractivity contribution in [2.24, 2.45) is 5.92 Å². The number of nitrogens with zero attached hydrogens (tertiary/aromatic N) is 4. The molecule has 13 nitrogen and oxygen atoms in total. The predicted octanol–water partition coefficient (Wildman–Crippen LogP) is 3.61. The largest absolute Gasteiger partial charge is 0.464 e. The third-order valence-electron chi connectivity index (χ3n) is 7.30. The van der Waals surface area contributed by atoms with Crippen LogP contribution < -0.4 is 20.7 Å². The average molecular weight is 674 g/mol. The van der Waals surface area contributed by atoms with Gasteiger partial charge in [-0.05, 0) is 46.8 Å². The second-order valence-electron chi connectivity index (χ2n) is 10.6. The van der Waals surface area contributed by atoms with Gasteiger partial charge in [-0.25, -0.2) is 23.2 Å². The third kappa shape index (κ3) is 8.69. The van der Waals surface area contributed by atoms with Crippen LogP contribution in [0.1, 0.15) is 47.8 Å². The Hall–Kier alpha value is -4.30. The summed E-state index contributed by atoms with van der Waals surface area (Å²) >= 11 is 0. The van der Waals surface area contributed by atoms with Gasteiger partial charge in [-0.2, -0.15) is 26.3 Å². The molecule has 0 bridgehead atoms. The predicted molar refractivity (Wildman–Crippen MR) is 137 cm³/mol. The normalized spacial score (nSPS) is 20.2. The van der Waals surface area contributed by atoms with Crippen molar-refractivity contribution in [3.63, 3.8) is 0 Å². The fraction of sp³-hybridized carbons (Fsp3) is 0.600. The lowest BCUT2D eigenvalue weighted by Gasteiger charge is -2.33. The maximum absolute atomic E-state index is 13.9. The molecule has 1 saturated carbocycles. The fourth-order valence-electron chi connectivity index (χ4n) is 5.03. The maximum atomic E-state index is 13.9. The van der Waals surface area contributed by atoms with E-state index >= 15 is 0 Å². The van der Waals surface area contributed by atoms with E-state index in [1.165, 1.54) is 25.4 Å². The van der Waals surface area contributed by atoms with Gasteiger partial charge in [-0.3, -0.25) is 9.59 Å². The summed E-state index contributed by atoms with van der Waals surface area (Å²) in [6, 6.07) is -3.13. The van der Waals surface area contributed by atoms with Crippen molar-refractivity contribution in [1.29, 1.82) is 0 Å². The van der Waals surface area contributed by atoms with Gasteiger partial charge in [0.1, 0.15) is 17.9 Å². The summed E-state index contributed by atoms with van der Waals surface area (Å²) in [6.07, 6.45) is -10.0. The number of hydrogen-bond donors (Lipinski definition) is 3. The van der Waals surface area contributed by atoms with Crippen LogP contribution in [0.2, 0.25) is 0 Å². The van der Waals surface area contributed by atoms with E-state index < -0.39 is 97.7 Å². The number of methoxy groups -OCH3 is 1. The summed E-state index contributed by atoms with van der Waals surface area (Å²) in [6.45, 7) is -2.81. The minimum Gasteiger partial charge on any atom is -0.464 e. The first-order valence-corrected chi connectivity index (χ1v) is 13.6. The van der Waals surface area contributed by atoms with E-state index in [4.69, 9.17) is 4.74 Å². The van der Waals surface area contributed by atoms with Crippen LogP contribution in [0.15, 0.2) is 23.0 Å². The molecule has 4 amide bonds. The molecule has 21 heteroatoms. The minimum atomic E-state index is -4.80. The van der Waals surface area contributed by atoms with Crippen molar-refractivity contribution in [2.45, 2.75) is 62.1 Å². The molecular formula is C25H27F8N7O6. The van der Waals surface area contributed by atoms with Gasteiger partial charge in [0, 0.05) is 26.1 Å². The Labute approximate surface area is 254 Å². The summed E-state index contributed by atoms with van der Waals surface area (Å²) < 4.78 is 119. The highest BCUT2D eigenvalue weighted by Gasteiger charge is 2.49. The number of alkyl halides is 8. The van der Waals surface area contributed by atoms with E-state index in [2.05, 4.69) is 35.3 Å². The Morgan fingerprint density at radius 2 is 1.87 bits per heavy atom. The van der Waals surface area contributed by atoms with Gasteiger partial charge >= 0.3 is 18.4 Å². The number of carbonyl (C=O) groups excluding carboxylic acids is 3. The number of carbonyl (C=O) groups is 3. The number of pyridine rings is 1. The van der Waals surface area contributed by atoms with Gasteiger partial charge in [-0.15, -0.1) is 0 Å². The van der Waals surface area contributed by atoms with Gasteiger partial charge in [0.25, 0.3) is 11.8 Å². The maximum Gasteiger partial charge on any atom is 0.422 e.